The molecule has 1 heterocycles. The average molecular weight is 443 g/mol. The maximum atomic E-state index is 13.1. The van der Waals surface area contributed by atoms with E-state index in [1.54, 1.807) is 14.0 Å². The van der Waals surface area contributed by atoms with Gasteiger partial charge >= 0.3 is 6.18 Å². The summed E-state index contributed by atoms with van der Waals surface area (Å²) in [7, 11) is 1.55. The fourth-order valence-electron chi connectivity index (χ4n) is 3.31. The molecule has 0 spiro atoms. The number of aryl methyl sites for hydroxylation is 1. The lowest BCUT2D eigenvalue weighted by atomic mass is 10.0. The molecular weight excluding hydrogens is 419 g/mol. The lowest BCUT2D eigenvalue weighted by Gasteiger charge is -2.18. The maximum Gasteiger partial charge on any atom is 0.416 e. The van der Waals surface area contributed by atoms with Crippen molar-refractivity contribution in [2.45, 2.75) is 39.4 Å². The molecule has 8 heteroatoms. The van der Waals surface area contributed by atoms with E-state index in [2.05, 4.69) is 18.9 Å². The average Bonchev–Trinajstić information content (AvgIpc) is 2.73. The van der Waals surface area contributed by atoms with Crippen LogP contribution in [0.5, 0.6) is 0 Å². The van der Waals surface area contributed by atoms with Crippen LogP contribution in [0.3, 0.4) is 0 Å². The van der Waals surface area contributed by atoms with Crippen molar-refractivity contribution >= 4 is 5.91 Å². The van der Waals surface area contributed by atoms with Crippen LogP contribution in [0.1, 0.15) is 52.6 Å². The van der Waals surface area contributed by atoms with Gasteiger partial charge in [-0.1, -0.05) is 44.2 Å². The zero-order valence-corrected chi connectivity index (χ0v) is 18.3. The third kappa shape index (κ3) is 5.07. The fraction of sp³-hybridized carbons (Fsp3) is 0.292. The van der Waals surface area contributed by atoms with Crippen LogP contribution in [0.25, 0.3) is 5.69 Å². The summed E-state index contributed by atoms with van der Waals surface area (Å²) in [5.74, 6) is -0.224. The molecule has 3 aromatic rings. The number of benzene rings is 2. The van der Waals surface area contributed by atoms with Gasteiger partial charge in [0.2, 0.25) is 5.43 Å². The van der Waals surface area contributed by atoms with Gasteiger partial charge in [-0.05, 0) is 42.2 Å². The lowest BCUT2D eigenvalue weighted by molar-refractivity contribution is -0.137. The molecule has 0 bridgehead atoms. The minimum absolute atomic E-state index is 0.110. The van der Waals surface area contributed by atoms with E-state index in [0.717, 1.165) is 17.7 Å². The van der Waals surface area contributed by atoms with E-state index in [-0.39, 0.29) is 17.9 Å². The molecule has 5 nitrogen and oxygen atoms in total. The number of hydrogen-bond donors (Lipinski definition) is 0. The first-order valence-corrected chi connectivity index (χ1v) is 10.1. The second-order valence-corrected chi connectivity index (χ2v) is 8.02. The van der Waals surface area contributed by atoms with Gasteiger partial charge in [-0.3, -0.25) is 9.59 Å². The summed E-state index contributed by atoms with van der Waals surface area (Å²) >= 11 is 0. The lowest BCUT2D eigenvalue weighted by Crippen LogP contribution is -2.33. The van der Waals surface area contributed by atoms with Crippen LogP contribution in [-0.4, -0.2) is 27.6 Å². The number of carbonyl (C=O) groups excluding carboxylic acids is 1. The van der Waals surface area contributed by atoms with Crippen molar-refractivity contribution in [1.82, 2.24) is 14.7 Å². The summed E-state index contributed by atoms with van der Waals surface area (Å²) in [4.78, 5) is 26.8. The minimum Gasteiger partial charge on any atom is -0.336 e. The van der Waals surface area contributed by atoms with Crippen LogP contribution in [0.4, 0.5) is 13.2 Å². The SMILES string of the molecule is Cc1cc(=O)c(C(=O)N(C)Cc2ccc(C(C)C)cc2)nn1-c1cccc(C(F)(F)F)c1. The second kappa shape index (κ2) is 8.98. The Morgan fingerprint density at radius 1 is 1.09 bits per heavy atom. The molecule has 1 amide bonds. The van der Waals surface area contributed by atoms with Crippen LogP contribution >= 0.6 is 0 Å². The number of carbonyl (C=O) groups is 1. The van der Waals surface area contributed by atoms with Gasteiger partial charge in [-0.15, -0.1) is 0 Å². The van der Waals surface area contributed by atoms with Crippen LogP contribution in [-0.2, 0) is 12.7 Å². The highest BCUT2D eigenvalue weighted by Gasteiger charge is 2.30. The van der Waals surface area contributed by atoms with Gasteiger partial charge in [0.15, 0.2) is 5.69 Å². The van der Waals surface area contributed by atoms with Gasteiger partial charge in [0.25, 0.3) is 5.91 Å². The number of alkyl halides is 3. The Morgan fingerprint density at radius 3 is 2.34 bits per heavy atom. The zero-order valence-electron chi connectivity index (χ0n) is 18.3. The molecule has 3 rings (SSSR count). The molecule has 0 aliphatic heterocycles. The van der Waals surface area contributed by atoms with Crippen molar-refractivity contribution in [3.8, 4) is 5.69 Å². The Kier molecular flexibility index (Phi) is 6.52. The van der Waals surface area contributed by atoms with E-state index in [1.807, 2.05) is 24.3 Å². The first kappa shape index (κ1) is 23.2. The highest BCUT2D eigenvalue weighted by molar-refractivity contribution is 5.91. The van der Waals surface area contributed by atoms with Gasteiger partial charge in [-0.25, -0.2) is 4.68 Å². The summed E-state index contributed by atoms with van der Waals surface area (Å²) in [6.07, 6.45) is -4.52. The molecule has 0 unspecified atom stereocenters. The topological polar surface area (TPSA) is 55.2 Å². The van der Waals surface area contributed by atoms with Crippen molar-refractivity contribution in [2.75, 3.05) is 7.05 Å². The van der Waals surface area contributed by atoms with Gasteiger partial charge < -0.3 is 4.90 Å². The van der Waals surface area contributed by atoms with E-state index >= 15 is 0 Å². The zero-order chi connectivity index (χ0) is 23.6. The number of aromatic nitrogens is 2. The van der Waals surface area contributed by atoms with Crippen molar-refractivity contribution in [2.24, 2.45) is 0 Å². The molecule has 0 atom stereocenters. The quantitative estimate of drug-likeness (QED) is 0.560. The highest BCUT2D eigenvalue weighted by Crippen LogP contribution is 2.30. The first-order valence-electron chi connectivity index (χ1n) is 10.1. The van der Waals surface area contributed by atoms with Crippen LogP contribution < -0.4 is 5.43 Å². The van der Waals surface area contributed by atoms with Gasteiger partial charge in [-0.2, -0.15) is 18.3 Å². The van der Waals surface area contributed by atoms with Crippen molar-refractivity contribution in [3.63, 3.8) is 0 Å². The predicted octanol–water partition coefficient (Wildman–Crippen LogP) is 4.96. The summed E-state index contributed by atoms with van der Waals surface area (Å²) in [5, 5.41) is 4.11. The number of amides is 1. The van der Waals surface area contributed by atoms with E-state index in [4.69, 9.17) is 0 Å². The van der Waals surface area contributed by atoms with Crippen molar-refractivity contribution < 1.29 is 18.0 Å². The Bertz CT molecular complexity index is 1180. The summed E-state index contributed by atoms with van der Waals surface area (Å²) in [5.41, 5.74) is 0.704. The van der Waals surface area contributed by atoms with Crippen LogP contribution in [0.2, 0.25) is 0 Å². The Morgan fingerprint density at radius 2 is 1.75 bits per heavy atom. The minimum atomic E-state index is -4.52. The Hall–Kier alpha value is -3.42. The van der Waals surface area contributed by atoms with Crippen LogP contribution in [0, 0.1) is 6.92 Å². The van der Waals surface area contributed by atoms with E-state index in [1.165, 1.54) is 33.3 Å². The molecule has 0 aliphatic rings. The third-order valence-corrected chi connectivity index (χ3v) is 5.14. The smallest absolute Gasteiger partial charge is 0.336 e. The number of hydrogen-bond acceptors (Lipinski definition) is 3. The molecule has 2 aromatic carbocycles. The molecule has 168 valence electrons. The van der Waals surface area contributed by atoms with E-state index in [9.17, 15) is 22.8 Å². The van der Waals surface area contributed by atoms with E-state index in [0.29, 0.717) is 11.6 Å². The number of rotatable bonds is 5. The fourth-order valence-corrected chi connectivity index (χ4v) is 3.31. The highest BCUT2D eigenvalue weighted by atomic mass is 19.4. The van der Waals surface area contributed by atoms with E-state index < -0.39 is 23.1 Å². The normalized spacial score (nSPS) is 11.6. The molecular formula is C24H24F3N3O2. The second-order valence-electron chi connectivity index (χ2n) is 8.02. The summed E-state index contributed by atoms with van der Waals surface area (Å²) < 4.78 is 40.5. The summed E-state index contributed by atoms with van der Waals surface area (Å²) in [6, 6.07) is 13.6. The molecule has 0 saturated heterocycles. The van der Waals surface area contributed by atoms with Crippen molar-refractivity contribution in [1.29, 1.82) is 0 Å². The standard InChI is InChI=1S/C24H24F3N3O2/c1-15(2)18-10-8-17(9-11-18)14-29(4)23(32)22-21(31)12-16(3)30(28-22)20-7-5-6-19(13-20)24(25,26)27/h5-13,15H,14H2,1-4H3. The van der Waals surface area contributed by atoms with Gasteiger partial charge in [0, 0.05) is 25.4 Å². The Balaban J connectivity index is 1.91. The molecule has 0 N–H and O–H groups in total. The third-order valence-electron chi connectivity index (χ3n) is 5.14. The number of nitrogens with zero attached hydrogens (tertiary/aromatic N) is 3. The van der Waals surface area contributed by atoms with Crippen molar-refractivity contribution in [3.05, 3.63) is 92.9 Å². The molecule has 0 radical (unpaired) electrons. The predicted molar refractivity (Wildman–Crippen MR) is 116 cm³/mol. The summed E-state index contributed by atoms with van der Waals surface area (Å²) in [6.45, 7) is 5.98. The molecule has 32 heavy (non-hydrogen) atoms. The molecule has 0 saturated carbocycles. The number of halogens is 3. The molecule has 0 fully saturated rings. The van der Waals surface area contributed by atoms with Crippen LogP contribution in [0.15, 0.2) is 59.4 Å². The molecule has 1 aromatic heterocycles. The molecule has 0 aliphatic carbocycles. The largest absolute Gasteiger partial charge is 0.416 e. The maximum absolute atomic E-state index is 13.1. The van der Waals surface area contributed by atoms with Gasteiger partial charge in [0.1, 0.15) is 0 Å². The Labute approximate surface area is 184 Å². The first-order chi connectivity index (χ1) is 15.0. The monoisotopic (exact) mass is 443 g/mol. The van der Waals surface area contributed by atoms with Gasteiger partial charge in [0.05, 0.1) is 11.3 Å².